The first-order chi connectivity index (χ1) is 10.1. The SMILES string of the molecule is CCCOc1ccc(Nc2cc(C)ccc2C(=O)O)cc1. The van der Waals surface area contributed by atoms with Crippen molar-refractivity contribution in [2.45, 2.75) is 20.3 Å². The molecule has 4 nitrogen and oxygen atoms in total. The van der Waals surface area contributed by atoms with E-state index < -0.39 is 5.97 Å². The number of hydrogen-bond donors (Lipinski definition) is 2. The zero-order valence-electron chi connectivity index (χ0n) is 12.2. The molecule has 21 heavy (non-hydrogen) atoms. The largest absolute Gasteiger partial charge is 0.494 e. The van der Waals surface area contributed by atoms with Gasteiger partial charge in [-0.1, -0.05) is 13.0 Å². The average Bonchev–Trinajstić information content (AvgIpc) is 2.46. The molecule has 0 atom stereocenters. The second-order valence-electron chi connectivity index (χ2n) is 4.85. The topological polar surface area (TPSA) is 58.6 Å². The maximum absolute atomic E-state index is 11.2. The molecule has 0 radical (unpaired) electrons. The normalized spacial score (nSPS) is 10.2. The van der Waals surface area contributed by atoms with Gasteiger partial charge in [-0.25, -0.2) is 4.79 Å². The van der Waals surface area contributed by atoms with Crippen molar-refractivity contribution in [3.8, 4) is 5.75 Å². The standard InChI is InChI=1S/C17H19NO3/c1-3-10-21-14-7-5-13(6-8-14)18-16-11-12(2)4-9-15(16)17(19)20/h4-9,11,18H,3,10H2,1-2H3,(H,19,20). The van der Waals surface area contributed by atoms with Gasteiger partial charge in [-0.05, 0) is 55.3 Å². The molecule has 2 aromatic carbocycles. The number of carbonyl (C=O) groups is 1. The smallest absolute Gasteiger partial charge is 0.337 e. The van der Waals surface area contributed by atoms with Gasteiger partial charge in [0.05, 0.1) is 17.9 Å². The highest BCUT2D eigenvalue weighted by molar-refractivity contribution is 5.95. The summed E-state index contributed by atoms with van der Waals surface area (Å²) < 4.78 is 5.52. The van der Waals surface area contributed by atoms with Gasteiger partial charge in [0.15, 0.2) is 0 Å². The molecule has 0 saturated carbocycles. The average molecular weight is 285 g/mol. The molecule has 0 spiro atoms. The number of benzene rings is 2. The lowest BCUT2D eigenvalue weighted by atomic mass is 10.1. The van der Waals surface area contributed by atoms with E-state index in [2.05, 4.69) is 12.2 Å². The Morgan fingerprint density at radius 2 is 1.90 bits per heavy atom. The van der Waals surface area contributed by atoms with E-state index in [-0.39, 0.29) is 5.56 Å². The van der Waals surface area contributed by atoms with Crippen LogP contribution in [0.15, 0.2) is 42.5 Å². The summed E-state index contributed by atoms with van der Waals surface area (Å²) in [6, 6.07) is 12.7. The minimum absolute atomic E-state index is 0.256. The maximum Gasteiger partial charge on any atom is 0.337 e. The highest BCUT2D eigenvalue weighted by Gasteiger charge is 2.10. The predicted molar refractivity (Wildman–Crippen MR) is 83.6 cm³/mol. The number of aromatic carboxylic acids is 1. The summed E-state index contributed by atoms with van der Waals surface area (Å²) in [7, 11) is 0. The molecule has 0 aliphatic heterocycles. The Bertz CT molecular complexity index is 620. The number of anilines is 2. The van der Waals surface area contributed by atoms with Crippen molar-refractivity contribution < 1.29 is 14.6 Å². The van der Waals surface area contributed by atoms with Crippen LogP contribution in [0.4, 0.5) is 11.4 Å². The number of aryl methyl sites for hydroxylation is 1. The van der Waals surface area contributed by atoms with E-state index >= 15 is 0 Å². The van der Waals surface area contributed by atoms with Gasteiger partial charge >= 0.3 is 5.97 Å². The second-order valence-corrected chi connectivity index (χ2v) is 4.85. The number of carboxylic acids is 1. The van der Waals surface area contributed by atoms with Crippen LogP contribution in [-0.4, -0.2) is 17.7 Å². The third kappa shape index (κ3) is 3.99. The molecule has 0 saturated heterocycles. The van der Waals surface area contributed by atoms with Crippen LogP contribution in [0, 0.1) is 6.92 Å². The van der Waals surface area contributed by atoms with Crippen molar-refractivity contribution >= 4 is 17.3 Å². The minimum atomic E-state index is -0.944. The van der Waals surface area contributed by atoms with E-state index in [0.29, 0.717) is 12.3 Å². The molecule has 0 amide bonds. The molecule has 0 aromatic heterocycles. The van der Waals surface area contributed by atoms with Gasteiger partial charge in [0.2, 0.25) is 0 Å². The Labute approximate surface area is 124 Å². The highest BCUT2D eigenvalue weighted by Crippen LogP contribution is 2.24. The lowest BCUT2D eigenvalue weighted by Gasteiger charge is -2.11. The molecule has 0 aliphatic rings. The summed E-state index contributed by atoms with van der Waals surface area (Å²) in [6.45, 7) is 4.67. The van der Waals surface area contributed by atoms with Crippen molar-refractivity contribution in [3.63, 3.8) is 0 Å². The van der Waals surface area contributed by atoms with Crippen LogP contribution < -0.4 is 10.1 Å². The Balaban J connectivity index is 2.18. The first-order valence-electron chi connectivity index (χ1n) is 6.94. The van der Waals surface area contributed by atoms with Crippen molar-refractivity contribution in [1.82, 2.24) is 0 Å². The molecule has 110 valence electrons. The maximum atomic E-state index is 11.2. The van der Waals surface area contributed by atoms with Gasteiger partial charge in [0, 0.05) is 5.69 Å². The van der Waals surface area contributed by atoms with Gasteiger partial charge in [-0.3, -0.25) is 0 Å². The van der Waals surface area contributed by atoms with Crippen LogP contribution in [0.1, 0.15) is 29.3 Å². The first kappa shape index (κ1) is 14.9. The van der Waals surface area contributed by atoms with Crippen molar-refractivity contribution in [2.24, 2.45) is 0 Å². The molecule has 0 heterocycles. The molecule has 2 rings (SSSR count). The number of ether oxygens (including phenoxy) is 1. The molecule has 0 unspecified atom stereocenters. The Kier molecular flexibility index (Phi) is 4.82. The summed E-state index contributed by atoms with van der Waals surface area (Å²) in [4.78, 5) is 11.2. The monoisotopic (exact) mass is 285 g/mol. The number of hydrogen-bond acceptors (Lipinski definition) is 3. The van der Waals surface area contributed by atoms with Crippen molar-refractivity contribution in [1.29, 1.82) is 0 Å². The number of carboxylic acid groups (broad SMARTS) is 1. The first-order valence-corrected chi connectivity index (χ1v) is 6.94. The molecule has 0 aliphatic carbocycles. The molecular weight excluding hydrogens is 266 g/mol. The van der Waals surface area contributed by atoms with Crippen LogP contribution >= 0.6 is 0 Å². The fraction of sp³-hybridized carbons (Fsp3) is 0.235. The zero-order chi connectivity index (χ0) is 15.2. The highest BCUT2D eigenvalue weighted by atomic mass is 16.5. The van der Waals surface area contributed by atoms with Gasteiger partial charge in [0.25, 0.3) is 0 Å². The van der Waals surface area contributed by atoms with Crippen LogP contribution in [0.2, 0.25) is 0 Å². The van der Waals surface area contributed by atoms with Crippen LogP contribution in [0.5, 0.6) is 5.75 Å². The fourth-order valence-corrected chi connectivity index (χ4v) is 1.96. The van der Waals surface area contributed by atoms with Crippen molar-refractivity contribution in [3.05, 3.63) is 53.6 Å². The van der Waals surface area contributed by atoms with Crippen LogP contribution in [-0.2, 0) is 0 Å². The van der Waals surface area contributed by atoms with E-state index in [1.54, 1.807) is 12.1 Å². The Hall–Kier alpha value is -2.49. The van der Waals surface area contributed by atoms with Crippen LogP contribution in [0.25, 0.3) is 0 Å². The third-order valence-corrected chi connectivity index (χ3v) is 3.01. The van der Waals surface area contributed by atoms with E-state index in [1.807, 2.05) is 37.3 Å². The van der Waals surface area contributed by atoms with Crippen LogP contribution in [0.3, 0.4) is 0 Å². The predicted octanol–water partition coefficient (Wildman–Crippen LogP) is 4.23. The van der Waals surface area contributed by atoms with Gasteiger partial charge in [0.1, 0.15) is 5.75 Å². The number of nitrogens with one attached hydrogen (secondary N) is 1. The Morgan fingerprint density at radius 3 is 2.52 bits per heavy atom. The second kappa shape index (κ2) is 6.79. The molecule has 2 N–H and O–H groups in total. The summed E-state index contributed by atoms with van der Waals surface area (Å²) in [6.07, 6.45) is 0.964. The summed E-state index contributed by atoms with van der Waals surface area (Å²) in [5, 5.41) is 12.4. The minimum Gasteiger partial charge on any atom is -0.494 e. The van der Waals surface area contributed by atoms with E-state index in [9.17, 15) is 9.90 Å². The quantitative estimate of drug-likeness (QED) is 0.834. The molecule has 2 aromatic rings. The van der Waals surface area contributed by atoms with Gasteiger partial charge < -0.3 is 15.2 Å². The fourth-order valence-electron chi connectivity index (χ4n) is 1.96. The van der Waals surface area contributed by atoms with E-state index in [1.165, 1.54) is 0 Å². The van der Waals surface area contributed by atoms with E-state index in [4.69, 9.17) is 4.74 Å². The summed E-state index contributed by atoms with van der Waals surface area (Å²) >= 11 is 0. The van der Waals surface area contributed by atoms with E-state index in [0.717, 1.165) is 23.4 Å². The Morgan fingerprint density at radius 1 is 1.19 bits per heavy atom. The van der Waals surface area contributed by atoms with Gasteiger partial charge in [-0.15, -0.1) is 0 Å². The zero-order valence-corrected chi connectivity index (χ0v) is 12.2. The molecule has 0 bridgehead atoms. The number of rotatable bonds is 6. The lowest BCUT2D eigenvalue weighted by molar-refractivity contribution is 0.0698. The van der Waals surface area contributed by atoms with Gasteiger partial charge in [-0.2, -0.15) is 0 Å². The molecular formula is C17H19NO3. The lowest BCUT2D eigenvalue weighted by Crippen LogP contribution is -2.03. The molecule has 4 heteroatoms. The van der Waals surface area contributed by atoms with Crippen molar-refractivity contribution in [2.75, 3.05) is 11.9 Å². The third-order valence-electron chi connectivity index (χ3n) is 3.01. The summed E-state index contributed by atoms with van der Waals surface area (Å²) in [5.41, 5.74) is 2.67. The molecule has 0 fully saturated rings. The summed E-state index contributed by atoms with van der Waals surface area (Å²) in [5.74, 6) is -0.134.